The third-order valence-electron chi connectivity index (χ3n) is 1.95. The van der Waals surface area contributed by atoms with E-state index in [1.165, 1.54) is 6.92 Å². The van der Waals surface area contributed by atoms with Gasteiger partial charge in [-0.2, -0.15) is 13.2 Å². The Hall–Kier alpha value is -1.23. The summed E-state index contributed by atoms with van der Waals surface area (Å²) in [4.78, 5) is 11.3. The minimum atomic E-state index is -4.64. The van der Waals surface area contributed by atoms with Crippen molar-refractivity contribution < 1.29 is 23.1 Å². The molecule has 0 spiro atoms. The zero-order valence-corrected chi connectivity index (χ0v) is 8.93. The van der Waals surface area contributed by atoms with E-state index in [1.54, 1.807) is 0 Å². The van der Waals surface area contributed by atoms with E-state index >= 15 is 0 Å². The van der Waals surface area contributed by atoms with E-state index in [0.29, 0.717) is 6.07 Å². The lowest BCUT2D eigenvalue weighted by atomic mass is 10.1. The first-order valence-corrected chi connectivity index (χ1v) is 4.75. The van der Waals surface area contributed by atoms with Gasteiger partial charge in [-0.15, -0.1) is 11.6 Å². The SMILES string of the molecule is CC(Cl)C(=O)c1ccc(C(F)(F)F)c(O)c1. The third kappa shape index (κ3) is 2.66. The van der Waals surface area contributed by atoms with Gasteiger partial charge in [0.25, 0.3) is 0 Å². The number of carbonyl (C=O) groups is 1. The van der Waals surface area contributed by atoms with Gasteiger partial charge < -0.3 is 5.11 Å². The van der Waals surface area contributed by atoms with Crippen LogP contribution in [0.15, 0.2) is 18.2 Å². The van der Waals surface area contributed by atoms with E-state index in [0.717, 1.165) is 12.1 Å². The molecule has 0 bridgehead atoms. The van der Waals surface area contributed by atoms with Crippen molar-refractivity contribution in [3.8, 4) is 5.75 Å². The molecule has 0 amide bonds. The van der Waals surface area contributed by atoms with Gasteiger partial charge in [0.2, 0.25) is 0 Å². The van der Waals surface area contributed by atoms with E-state index in [-0.39, 0.29) is 5.56 Å². The van der Waals surface area contributed by atoms with Gasteiger partial charge in [-0.1, -0.05) is 6.07 Å². The molecule has 6 heteroatoms. The van der Waals surface area contributed by atoms with Crippen LogP contribution >= 0.6 is 11.6 Å². The Bertz CT molecular complexity index is 413. The monoisotopic (exact) mass is 252 g/mol. The van der Waals surface area contributed by atoms with Crippen molar-refractivity contribution in [1.82, 2.24) is 0 Å². The second-order valence-corrected chi connectivity index (χ2v) is 3.86. The van der Waals surface area contributed by atoms with E-state index < -0.39 is 28.6 Å². The molecular formula is C10H8ClF3O2. The Kier molecular flexibility index (Phi) is 3.48. The van der Waals surface area contributed by atoms with Crippen LogP contribution in [0.4, 0.5) is 13.2 Å². The van der Waals surface area contributed by atoms with Crippen LogP contribution in [0.3, 0.4) is 0 Å². The molecule has 0 heterocycles. The molecule has 0 saturated heterocycles. The second-order valence-electron chi connectivity index (χ2n) is 3.21. The van der Waals surface area contributed by atoms with Gasteiger partial charge in [-0.25, -0.2) is 0 Å². The van der Waals surface area contributed by atoms with Crippen LogP contribution in [0.25, 0.3) is 0 Å². The number of carbonyl (C=O) groups excluding carboxylic acids is 1. The van der Waals surface area contributed by atoms with Crippen molar-refractivity contribution in [3.63, 3.8) is 0 Å². The van der Waals surface area contributed by atoms with Crippen LogP contribution in [0.5, 0.6) is 5.75 Å². The number of ketones is 1. The van der Waals surface area contributed by atoms with E-state index in [1.807, 2.05) is 0 Å². The van der Waals surface area contributed by atoms with E-state index in [9.17, 15) is 18.0 Å². The molecule has 2 nitrogen and oxygen atoms in total. The molecule has 1 N–H and O–H groups in total. The summed E-state index contributed by atoms with van der Waals surface area (Å²) in [6, 6.07) is 2.41. The van der Waals surface area contributed by atoms with Crippen molar-refractivity contribution in [2.75, 3.05) is 0 Å². The van der Waals surface area contributed by atoms with Crippen molar-refractivity contribution in [2.45, 2.75) is 18.5 Å². The highest BCUT2D eigenvalue weighted by molar-refractivity contribution is 6.33. The highest BCUT2D eigenvalue weighted by Crippen LogP contribution is 2.36. The summed E-state index contributed by atoms with van der Waals surface area (Å²) in [7, 11) is 0. The average molecular weight is 253 g/mol. The number of phenolic OH excluding ortho intramolecular Hbond substituents is 1. The summed E-state index contributed by atoms with van der Waals surface area (Å²) in [5.74, 6) is -1.51. The molecule has 0 saturated carbocycles. The standard InChI is InChI=1S/C10H8ClF3O2/c1-5(11)9(16)6-2-3-7(8(15)4-6)10(12,13)14/h2-5,15H,1H3. The molecule has 1 unspecified atom stereocenters. The van der Waals surface area contributed by atoms with Gasteiger partial charge >= 0.3 is 6.18 Å². The Balaban J connectivity index is 3.15. The van der Waals surface area contributed by atoms with E-state index in [4.69, 9.17) is 16.7 Å². The van der Waals surface area contributed by atoms with Crippen LogP contribution in [-0.4, -0.2) is 16.3 Å². The maximum absolute atomic E-state index is 12.3. The molecule has 0 aliphatic rings. The fraction of sp³-hybridized carbons (Fsp3) is 0.300. The van der Waals surface area contributed by atoms with Crippen LogP contribution in [0.2, 0.25) is 0 Å². The number of Topliss-reactive ketones (excluding diaryl/α,β-unsaturated/α-hetero) is 1. The smallest absolute Gasteiger partial charge is 0.419 e. The lowest BCUT2D eigenvalue weighted by Crippen LogP contribution is -2.12. The van der Waals surface area contributed by atoms with Crippen LogP contribution in [-0.2, 0) is 6.18 Å². The summed E-state index contributed by atoms with van der Waals surface area (Å²) in [5.41, 5.74) is -1.22. The topological polar surface area (TPSA) is 37.3 Å². The summed E-state index contributed by atoms with van der Waals surface area (Å²) in [6.07, 6.45) is -4.64. The van der Waals surface area contributed by atoms with Gasteiger partial charge in [-0.05, 0) is 19.1 Å². The third-order valence-corrected chi connectivity index (χ3v) is 2.15. The van der Waals surface area contributed by atoms with Gasteiger partial charge in [0.1, 0.15) is 5.75 Å². The average Bonchev–Trinajstić information content (AvgIpc) is 2.14. The van der Waals surface area contributed by atoms with Crippen LogP contribution < -0.4 is 0 Å². The van der Waals surface area contributed by atoms with Crippen molar-refractivity contribution in [3.05, 3.63) is 29.3 Å². The first-order chi connectivity index (χ1) is 7.23. The molecule has 0 aliphatic heterocycles. The lowest BCUT2D eigenvalue weighted by molar-refractivity contribution is -0.138. The molecule has 1 rings (SSSR count). The molecule has 88 valence electrons. The maximum atomic E-state index is 12.3. The van der Waals surface area contributed by atoms with Gasteiger partial charge in [0, 0.05) is 5.56 Å². The van der Waals surface area contributed by atoms with E-state index in [2.05, 4.69) is 0 Å². The summed E-state index contributed by atoms with van der Waals surface area (Å²) >= 11 is 5.49. The normalized spacial score (nSPS) is 13.6. The number of benzene rings is 1. The zero-order valence-electron chi connectivity index (χ0n) is 8.18. The van der Waals surface area contributed by atoms with Crippen molar-refractivity contribution >= 4 is 17.4 Å². The largest absolute Gasteiger partial charge is 0.507 e. The summed E-state index contributed by atoms with van der Waals surface area (Å²) < 4.78 is 36.8. The highest BCUT2D eigenvalue weighted by Gasteiger charge is 2.34. The number of aromatic hydroxyl groups is 1. The molecule has 1 aromatic rings. The van der Waals surface area contributed by atoms with Crippen molar-refractivity contribution in [1.29, 1.82) is 0 Å². The minimum Gasteiger partial charge on any atom is -0.507 e. The zero-order chi connectivity index (χ0) is 12.5. The molecule has 0 aromatic heterocycles. The number of rotatable bonds is 2. The summed E-state index contributed by atoms with van der Waals surface area (Å²) in [6.45, 7) is 1.40. The predicted octanol–water partition coefficient (Wildman–Crippen LogP) is 3.22. The van der Waals surface area contributed by atoms with Crippen LogP contribution in [0, 0.1) is 0 Å². The number of phenols is 1. The Morgan fingerprint density at radius 2 is 2.00 bits per heavy atom. The first-order valence-electron chi connectivity index (χ1n) is 4.32. The molecule has 1 atom stereocenters. The Morgan fingerprint density at radius 3 is 2.38 bits per heavy atom. The summed E-state index contributed by atoms with van der Waals surface area (Å²) in [5, 5.41) is 8.29. The molecule has 0 radical (unpaired) electrons. The number of alkyl halides is 4. The van der Waals surface area contributed by atoms with Gasteiger partial charge in [0.15, 0.2) is 5.78 Å². The Labute approximate surface area is 94.6 Å². The molecule has 0 aliphatic carbocycles. The van der Waals surface area contributed by atoms with Crippen LogP contribution in [0.1, 0.15) is 22.8 Å². The van der Waals surface area contributed by atoms with Gasteiger partial charge in [-0.3, -0.25) is 4.79 Å². The fourth-order valence-corrected chi connectivity index (χ4v) is 1.28. The predicted molar refractivity (Wildman–Crippen MR) is 52.8 cm³/mol. The number of hydrogen-bond acceptors (Lipinski definition) is 2. The van der Waals surface area contributed by atoms with Crippen molar-refractivity contribution in [2.24, 2.45) is 0 Å². The lowest BCUT2D eigenvalue weighted by Gasteiger charge is -2.10. The molecule has 0 fully saturated rings. The minimum absolute atomic E-state index is 0.0481. The molecule has 1 aromatic carbocycles. The number of halogens is 4. The number of hydrogen-bond donors (Lipinski definition) is 1. The van der Waals surface area contributed by atoms with Gasteiger partial charge in [0.05, 0.1) is 10.9 Å². The Morgan fingerprint density at radius 1 is 1.44 bits per heavy atom. The quantitative estimate of drug-likeness (QED) is 0.648. The highest BCUT2D eigenvalue weighted by atomic mass is 35.5. The fourth-order valence-electron chi connectivity index (χ4n) is 1.15. The molecular weight excluding hydrogens is 245 g/mol. The first kappa shape index (κ1) is 12.8. The second kappa shape index (κ2) is 4.33. The maximum Gasteiger partial charge on any atom is 0.419 e. The molecule has 16 heavy (non-hydrogen) atoms.